The first-order valence-corrected chi connectivity index (χ1v) is 9.44. The molecule has 0 aliphatic carbocycles. The molecule has 1 saturated heterocycles. The third-order valence-electron chi connectivity index (χ3n) is 3.89. The Balaban J connectivity index is 2.48. The summed E-state index contributed by atoms with van der Waals surface area (Å²) in [6.45, 7) is 5.23. The number of halogens is 1. The second-order valence-electron chi connectivity index (χ2n) is 5.91. The summed E-state index contributed by atoms with van der Waals surface area (Å²) in [5.74, 6) is 1.49. The van der Waals surface area contributed by atoms with Crippen LogP contribution < -0.4 is 9.47 Å². The van der Waals surface area contributed by atoms with E-state index >= 15 is 0 Å². The third kappa shape index (κ3) is 3.41. The van der Waals surface area contributed by atoms with Gasteiger partial charge in [-0.3, -0.25) is 0 Å². The smallest absolute Gasteiger partial charge is 0.246 e. The molecular weight excluding hydrogens is 370 g/mol. The number of rotatable bonds is 4. The van der Waals surface area contributed by atoms with Crippen molar-refractivity contribution in [2.45, 2.75) is 25.2 Å². The van der Waals surface area contributed by atoms with Crippen molar-refractivity contribution >= 4 is 26.0 Å². The highest BCUT2D eigenvalue weighted by molar-refractivity contribution is 9.10. The van der Waals surface area contributed by atoms with Crippen LogP contribution in [0.1, 0.15) is 20.3 Å². The Bertz CT molecular complexity index is 637. The Kier molecular flexibility index (Phi) is 5.40. The predicted octanol–water partition coefficient (Wildman–Crippen LogP) is 3.13. The highest BCUT2D eigenvalue weighted by Crippen LogP contribution is 2.37. The topological polar surface area (TPSA) is 55.8 Å². The van der Waals surface area contributed by atoms with Gasteiger partial charge < -0.3 is 9.47 Å². The second-order valence-corrected chi connectivity index (χ2v) is 8.67. The highest BCUT2D eigenvalue weighted by atomic mass is 79.9. The van der Waals surface area contributed by atoms with E-state index in [1.165, 1.54) is 20.3 Å². The predicted molar refractivity (Wildman–Crippen MR) is 88.9 cm³/mol. The van der Waals surface area contributed by atoms with Gasteiger partial charge in [0, 0.05) is 19.2 Å². The molecule has 1 aromatic rings. The molecule has 0 saturated carbocycles. The molecule has 0 radical (unpaired) electrons. The van der Waals surface area contributed by atoms with Gasteiger partial charge in [0.15, 0.2) is 0 Å². The van der Waals surface area contributed by atoms with E-state index in [-0.39, 0.29) is 4.90 Å². The van der Waals surface area contributed by atoms with Crippen molar-refractivity contribution in [3.63, 3.8) is 0 Å². The van der Waals surface area contributed by atoms with Crippen LogP contribution in [0.4, 0.5) is 0 Å². The summed E-state index contributed by atoms with van der Waals surface area (Å²) in [6, 6.07) is 3.14. The Hall–Kier alpha value is -0.790. The number of hydrogen-bond acceptors (Lipinski definition) is 4. The van der Waals surface area contributed by atoms with Crippen molar-refractivity contribution in [2.75, 3.05) is 27.3 Å². The average molecular weight is 392 g/mol. The maximum Gasteiger partial charge on any atom is 0.246 e. The summed E-state index contributed by atoms with van der Waals surface area (Å²) in [4.78, 5) is 0.149. The van der Waals surface area contributed by atoms with Crippen LogP contribution >= 0.6 is 15.9 Å². The number of nitrogens with zero attached hydrogens (tertiary/aromatic N) is 1. The minimum atomic E-state index is -3.61. The molecular formula is C15H22BrNO4S. The highest BCUT2D eigenvalue weighted by Gasteiger charge is 2.34. The molecule has 1 fully saturated rings. The Morgan fingerprint density at radius 2 is 1.64 bits per heavy atom. The van der Waals surface area contributed by atoms with E-state index in [0.29, 0.717) is 40.9 Å². The SMILES string of the molecule is COc1cc(S(=O)(=O)N2CC(C)CC(C)C2)c(OC)cc1Br. The number of ether oxygens (including phenoxy) is 2. The van der Waals surface area contributed by atoms with Gasteiger partial charge in [-0.2, -0.15) is 4.31 Å². The van der Waals surface area contributed by atoms with Gasteiger partial charge in [0.05, 0.1) is 18.7 Å². The number of piperidine rings is 1. The van der Waals surface area contributed by atoms with E-state index in [9.17, 15) is 8.42 Å². The second kappa shape index (κ2) is 6.76. The number of benzene rings is 1. The molecule has 0 aromatic heterocycles. The van der Waals surface area contributed by atoms with Crippen LogP contribution in [-0.2, 0) is 10.0 Å². The van der Waals surface area contributed by atoms with Gasteiger partial charge in [-0.1, -0.05) is 13.8 Å². The molecule has 0 bridgehead atoms. The zero-order valence-corrected chi connectivity index (χ0v) is 15.7. The third-order valence-corrected chi connectivity index (χ3v) is 6.36. The average Bonchev–Trinajstić information content (AvgIpc) is 2.45. The molecule has 2 unspecified atom stereocenters. The van der Waals surface area contributed by atoms with Crippen LogP contribution in [0.15, 0.2) is 21.5 Å². The molecule has 2 rings (SSSR count). The Labute approximate surface area is 140 Å². The summed E-state index contributed by atoms with van der Waals surface area (Å²) < 4.78 is 38.7. The van der Waals surface area contributed by atoms with Crippen LogP contribution in [0.25, 0.3) is 0 Å². The van der Waals surface area contributed by atoms with E-state index in [0.717, 1.165) is 6.42 Å². The van der Waals surface area contributed by atoms with Gasteiger partial charge in [0.25, 0.3) is 0 Å². The summed E-state index contributed by atoms with van der Waals surface area (Å²) in [5.41, 5.74) is 0. The van der Waals surface area contributed by atoms with Crippen molar-refractivity contribution in [1.82, 2.24) is 4.31 Å². The molecule has 124 valence electrons. The van der Waals surface area contributed by atoms with E-state index in [4.69, 9.17) is 9.47 Å². The first kappa shape index (κ1) is 17.6. The van der Waals surface area contributed by atoms with Crippen LogP contribution in [-0.4, -0.2) is 40.0 Å². The molecule has 1 aliphatic heterocycles. The molecule has 2 atom stereocenters. The number of methoxy groups -OCH3 is 2. The fraction of sp³-hybridized carbons (Fsp3) is 0.600. The molecule has 1 aliphatic rings. The number of hydrogen-bond donors (Lipinski definition) is 0. The van der Waals surface area contributed by atoms with E-state index < -0.39 is 10.0 Å². The van der Waals surface area contributed by atoms with Gasteiger partial charge in [-0.25, -0.2) is 8.42 Å². The lowest BCUT2D eigenvalue weighted by atomic mass is 9.94. The normalized spacial score (nSPS) is 23.3. The lowest BCUT2D eigenvalue weighted by Gasteiger charge is -2.34. The van der Waals surface area contributed by atoms with Gasteiger partial charge in [0.1, 0.15) is 16.4 Å². The largest absolute Gasteiger partial charge is 0.496 e. The van der Waals surface area contributed by atoms with Crippen molar-refractivity contribution in [3.05, 3.63) is 16.6 Å². The van der Waals surface area contributed by atoms with Crippen molar-refractivity contribution < 1.29 is 17.9 Å². The summed E-state index contributed by atoms with van der Waals surface area (Å²) in [5, 5.41) is 0. The molecule has 7 heteroatoms. The fourth-order valence-corrected chi connectivity index (χ4v) is 5.29. The molecule has 22 heavy (non-hydrogen) atoms. The van der Waals surface area contributed by atoms with Crippen LogP contribution in [0.2, 0.25) is 0 Å². The van der Waals surface area contributed by atoms with Gasteiger partial charge in [-0.15, -0.1) is 0 Å². The van der Waals surface area contributed by atoms with E-state index in [2.05, 4.69) is 29.8 Å². The maximum absolute atomic E-state index is 13.0. The van der Waals surface area contributed by atoms with Gasteiger partial charge in [-0.05, 0) is 40.3 Å². The molecule has 0 amide bonds. The first-order valence-electron chi connectivity index (χ1n) is 7.21. The molecule has 5 nitrogen and oxygen atoms in total. The molecule has 1 heterocycles. The standard InChI is InChI=1S/C15H22BrNO4S/c1-10-5-11(2)9-17(8-10)22(18,19)15-7-13(20-3)12(16)6-14(15)21-4/h6-7,10-11H,5,8-9H2,1-4H3. The first-order chi connectivity index (χ1) is 10.3. The Morgan fingerprint density at radius 3 is 2.14 bits per heavy atom. The van der Waals surface area contributed by atoms with E-state index in [1.807, 2.05) is 0 Å². The lowest BCUT2D eigenvalue weighted by molar-refractivity contribution is 0.222. The fourth-order valence-electron chi connectivity index (χ4n) is 2.98. The minimum Gasteiger partial charge on any atom is -0.496 e. The van der Waals surface area contributed by atoms with Crippen molar-refractivity contribution in [1.29, 1.82) is 0 Å². The van der Waals surface area contributed by atoms with Crippen LogP contribution in [0, 0.1) is 11.8 Å². The summed E-state index contributed by atoms with van der Waals surface area (Å²) in [6.07, 6.45) is 1.05. The zero-order chi connectivity index (χ0) is 16.5. The summed E-state index contributed by atoms with van der Waals surface area (Å²) in [7, 11) is -0.638. The van der Waals surface area contributed by atoms with Crippen LogP contribution in [0.3, 0.4) is 0 Å². The van der Waals surface area contributed by atoms with Gasteiger partial charge >= 0.3 is 0 Å². The quantitative estimate of drug-likeness (QED) is 0.790. The molecule has 0 N–H and O–H groups in total. The minimum absolute atomic E-state index is 0.149. The van der Waals surface area contributed by atoms with Gasteiger partial charge in [0.2, 0.25) is 10.0 Å². The molecule has 0 spiro atoms. The van der Waals surface area contributed by atoms with Crippen LogP contribution in [0.5, 0.6) is 11.5 Å². The van der Waals surface area contributed by atoms with Crippen molar-refractivity contribution in [2.24, 2.45) is 11.8 Å². The van der Waals surface area contributed by atoms with Crippen molar-refractivity contribution in [3.8, 4) is 11.5 Å². The Morgan fingerprint density at radius 1 is 1.09 bits per heavy atom. The zero-order valence-electron chi connectivity index (χ0n) is 13.3. The van der Waals surface area contributed by atoms with E-state index in [1.54, 1.807) is 10.4 Å². The maximum atomic E-state index is 13.0. The number of sulfonamides is 1. The monoisotopic (exact) mass is 391 g/mol. The summed E-state index contributed by atoms with van der Waals surface area (Å²) >= 11 is 3.35. The lowest BCUT2D eigenvalue weighted by Crippen LogP contribution is -2.42. The molecule has 1 aromatic carbocycles.